The highest BCUT2D eigenvalue weighted by Gasteiger charge is 2.29. The van der Waals surface area contributed by atoms with Gasteiger partial charge in [0.2, 0.25) is 0 Å². The third-order valence-electron chi connectivity index (χ3n) is 2.94. The number of rotatable bonds is 5. The monoisotopic (exact) mass is 355 g/mol. The van der Waals surface area contributed by atoms with Crippen LogP contribution in [0.25, 0.3) is 0 Å². The molecule has 132 valence electrons. The van der Waals surface area contributed by atoms with Gasteiger partial charge < -0.3 is 10.1 Å². The van der Waals surface area contributed by atoms with Crippen LogP contribution in [0.4, 0.5) is 24.7 Å². The SMILES string of the molecule is Cc1cccc(NC(=O)c2cc(OCC(F)(F)F)ccc2[N+](=O)[O-])n1. The Hall–Kier alpha value is -3.17. The Labute approximate surface area is 139 Å². The molecular formula is C15H12F3N3O4. The topological polar surface area (TPSA) is 94.4 Å². The van der Waals surface area contributed by atoms with Gasteiger partial charge in [0.05, 0.1) is 4.92 Å². The maximum atomic E-state index is 12.3. The molecule has 1 amide bonds. The van der Waals surface area contributed by atoms with Gasteiger partial charge in [0.25, 0.3) is 11.6 Å². The average molecular weight is 355 g/mol. The van der Waals surface area contributed by atoms with Crippen LogP contribution < -0.4 is 10.1 Å². The number of amides is 1. The predicted octanol–water partition coefficient (Wildman–Crippen LogP) is 3.49. The Bertz CT molecular complexity index is 809. The van der Waals surface area contributed by atoms with Crippen molar-refractivity contribution >= 4 is 17.4 Å². The van der Waals surface area contributed by atoms with Crippen molar-refractivity contribution < 1.29 is 27.6 Å². The fourth-order valence-electron chi connectivity index (χ4n) is 1.91. The standard InChI is InChI=1S/C15H12F3N3O4/c1-9-3-2-4-13(19-9)20-14(22)11-7-10(25-8-15(16,17)18)5-6-12(11)21(23)24/h2-7H,8H2,1H3,(H,19,20,22). The maximum absolute atomic E-state index is 12.3. The van der Waals surface area contributed by atoms with Crippen molar-refractivity contribution in [2.75, 3.05) is 11.9 Å². The molecule has 0 spiro atoms. The van der Waals surface area contributed by atoms with Crippen molar-refractivity contribution in [1.29, 1.82) is 0 Å². The van der Waals surface area contributed by atoms with Crippen LogP contribution in [0.15, 0.2) is 36.4 Å². The first-order valence-corrected chi connectivity index (χ1v) is 6.89. The van der Waals surface area contributed by atoms with Crippen LogP contribution in [0.5, 0.6) is 5.75 Å². The second kappa shape index (κ2) is 7.16. The van der Waals surface area contributed by atoms with E-state index in [9.17, 15) is 28.1 Å². The first-order chi connectivity index (χ1) is 11.7. The number of benzene rings is 1. The van der Waals surface area contributed by atoms with E-state index in [0.717, 1.165) is 18.2 Å². The largest absolute Gasteiger partial charge is 0.484 e. The first kappa shape index (κ1) is 18.2. The number of carbonyl (C=O) groups is 1. The van der Waals surface area contributed by atoms with Crippen molar-refractivity contribution in [2.24, 2.45) is 0 Å². The molecule has 0 atom stereocenters. The van der Waals surface area contributed by atoms with E-state index in [4.69, 9.17) is 0 Å². The highest BCUT2D eigenvalue weighted by molar-refractivity contribution is 6.06. The van der Waals surface area contributed by atoms with Crippen molar-refractivity contribution in [3.63, 3.8) is 0 Å². The van der Waals surface area contributed by atoms with Gasteiger partial charge >= 0.3 is 6.18 Å². The van der Waals surface area contributed by atoms with Crippen LogP contribution in [-0.2, 0) is 0 Å². The molecule has 25 heavy (non-hydrogen) atoms. The fourth-order valence-corrected chi connectivity index (χ4v) is 1.91. The molecule has 0 bridgehead atoms. The molecule has 0 aliphatic heterocycles. The van der Waals surface area contributed by atoms with E-state index >= 15 is 0 Å². The van der Waals surface area contributed by atoms with Gasteiger partial charge in [-0.05, 0) is 31.2 Å². The molecule has 1 aromatic heterocycles. The number of nitrogens with one attached hydrogen (secondary N) is 1. The molecule has 0 saturated heterocycles. The molecule has 2 aromatic rings. The molecule has 1 N–H and O–H groups in total. The van der Waals surface area contributed by atoms with E-state index in [0.29, 0.717) is 5.69 Å². The van der Waals surface area contributed by atoms with Crippen LogP contribution in [0.2, 0.25) is 0 Å². The van der Waals surface area contributed by atoms with E-state index in [-0.39, 0.29) is 11.6 Å². The number of nitro groups is 1. The number of aryl methyl sites for hydroxylation is 1. The summed E-state index contributed by atoms with van der Waals surface area (Å²) in [5.41, 5.74) is -0.396. The molecule has 0 radical (unpaired) electrons. The van der Waals surface area contributed by atoms with Gasteiger partial charge in [-0.15, -0.1) is 0 Å². The van der Waals surface area contributed by atoms with Gasteiger partial charge in [-0.2, -0.15) is 13.2 Å². The summed E-state index contributed by atoms with van der Waals surface area (Å²) >= 11 is 0. The third kappa shape index (κ3) is 5.16. The number of hydrogen-bond acceptors (Lipinski definition) is 5. The first-order valence-electron chi connectivity index (χ1n) is 6.89. The molecule has 0 saturated carbocycles. The van der Waals surface area contributed by atoms with E-state index in [2.05, 4.69) is 15.0 Å². The lowest BCUT2D eigenvalue weighted by Crippen LogP contribution is -2.20. The normalized spacial score (nSPS) is 11.0. The van der Waals surface area contributed by atoms with Gasteiger partial charge in [0.15, 0.2) is 6.61 Å². The van der Waals surface area contributed by atoms with Gasteiger partial charge in [-0.25, -0.2) is 4.98 Å². The second-order valence-electron chi connectivity index (χ2n) is 4.96. The summed E-state index contributed by atoms with van der Waals surface area (Å²) in [6.07, 6.45) is -4.57. The summed E-state index contributed by atoms with van der Waals surface area (Å²) in [5.74, 6) is -1.05. The van der Waals surface area contributed by atoms with Crippen molar-refractivity contribution in [1.82, 2.24) is 4.98 Å². The van der Waals surface area contributed by atoms with E-state index in [1.165, 1.54) is 6.07 Å². The van der Waals surface area contributed by atoms with Crippen LogP contribution in [0.3, 0.4) is 0 Å². The van der Waals surface area contributed by atoms with Gasteiger partial charge in [0.1, 0.15) is 17.1 Å². The van der Waals surface area contributed by atoms with Gasteiger partial charge in [-0.3, -0.25) is 14.9 Å². The number of carbonyl (C=O) groups excluding carboxylic acids is 1. The van der Waals surface area contributed by atoms with E-state index < -0.39 is 34.9 Å². The van der Waals surface area contributed by atoms with Crippen LogP contribution in [0.1, 0.15) is 16.1 Å². The number of nitro benzene ring substituents is 1. The summed E-state index contributed by atoms with van der Waals surface area (Å²) in [7, 11) is 0. The molecule has 10 heteroatoms. The van der Waals surface area contributed by atoms with E-state index in [1.54, 1.807) is 19.1 Å². The molecule has 0 unspecified atom stereocenters. The second-order valence-corrected chi connectivity index (χ2v) is 4.96. The number of halogens is 3. The van der Waals surface area contributed by atoms with Gasteiger partial charge in [0, 0.05) is 11.8 Å². The molecule has 1 aromatic carbocycles. The molecule has 0 fully saturated rings. The Morgan fingerprint density at radius 1 is 1.32 bits per heavy atom. The summed E-state index contributed by atoms with van der Waals surface area (Å²) in [4.78, 5) is 26.5. The smallest absolute Gasteiger partial charge is 0.422 e. The Balaban J connectivity index is 2.29. The average Bonchev–Trinajstić information content (AvgIpc) is 2.52. The zero-order valence-corrected chi connectivity index (χ0v) is 12.8. The Morgan fingerprint density at radius 3 is 2.64 bits per heavy atom. The third-order valence-corrected chi connectivity index (χ3v) is 2.94. The van der Waals surface area contributed by atoms with Gasteiger partial charge in [-0.1, -0.05) is 6.07 Å². The predicted molar refractivity (Wildman–Crippen MR) is 81.6 cm³/mol. The Kier molecular flexibility index (Phi) is 5.20. The maximum Gasteiger partial charge on any atom is 0.422 e. The minimum atomic E-state index is -4.57. The molecule has 0 aliphatic rings. The minimum Gasteiger partial charge on any atom is -0.484 e. The fraction of sp³-hybridized carbons (Fsp3) is 0.200. The van der Waals surface area contributed by atoms with E-state index in [1.807, 2.05) is 0 Å². The number of anilines is 1. The van der Waals surface area contributed by atoms with Crippen molar-refractivity contribution in [3.05, 3.63) is 57.8 Å². The molecule has 2 rings (SSSR count). The number of hydrogen-bond donors (Lipinski definition) is 1. The molecule has 1 heterocycles. The highest BCUT2D eigenvalue weighted by Crippen LogP contribution is 2.26. The van der Waals surface area contributed by atoms with Crippen molar-refractivity contribution in [3.8, 4) is 5.75 Å². The molecule has 0 aliphatic carbocycles. The zero-order valence-electron chi connectivity index (χ0n) is 12.8. The summed E-state index contributed by atoms with van der Waals surface area (Å²) in [6, 6.07) is 7.56. The zero-order chi connectivity index (χ0) is 18.6. The lowest BCUT2D eigenvalue weighted by atomic mass is 10.1. The Morgan fingerprint density at radius 2 is 2.04 bits per heavy atom. The number of alkyl halides is 3. The van der Waals surface area contributed by atoms with Crippen molar-refractivity contribution in [2.45, 2.75) is 13.1 Å². The molecule has 7 nitrogen and oxygen atoms in total. The summed E-state index contributed by atoms with van der Waals surface area (Å²) < 4.78 is 41.2. The van der Waals surface area contributed by atoms with Crippen LogP contribution in [-0.4, -0.2) is 28.6 Å². The summed E-state index contributed by atoms with van der Waals surface area (Å²) in [6.45, 7) is 0.106. The number of ether oxygens (including phenoxy) is 1. The number of nitrogens with zero attached hydrogens (tertiary/aromatic N) is 2. The number of pyridine rings is 1. The lowest BCUT2D eigenvalue weighted by Gasteiger charge is -2.11. The number of aromatic nitrogens is 1. The molecular weight excluding hydrogens is 343 g/mol. The van der Waals surface area contributed by atoms with Crippen LogP contribution in [0, 0.1) is 17.0 Å². The minimum absolute atomic E-state index is 0.154. The van der Waals surface area contributed by atoms with Crippen LogP contribution >= 0.6 is 0 Å². The quantitative estimate of drug-likeness (QED) is 0.654. The highest BCUT2D eigenvalue weighted by atomic mass is 19.4. The summed E-state index contributed by atoms with van der Waals surface area (Å²) in [5, 5.41) is 13.4. The lowest BCUT2D eigenvalue weighted by molar-refractivity contribution is -0.385.